The van der Waals surface area contributed by atoms with E-state index >= 15 is 0 Å². The maximum Gasteiger partial charge on any atom is 0.227 e. The molecule has 0 saturated carbocycles. The molecule has 0 aliphatic rings. The van der Waals surface area contributed by atoms with E-state index in [1.165, 1.54) is 7.11 Å². The highest BCUT2D eigenvalue weighted by molar-refractivity contribution is 5.79. The molecule has 1 heterocycles. The molecular formula is C20H17N3O3. The van der Waals surface area contributed by atoms with Crippen LogP contribution in [0.1, 0.15) is 17.3 Å². The third kappa shape index (κ3) is 3.90. The number of hydrogen-bond donors (Lipinski definition) is 1. The molecule has 6 heteroatoms. The second kappa shape index (κ2) is 7.99. The molecule has 26 heavy (non-hydrogen) atoms. The summed E-state index contributed by atoms with van der Waals surface area (Å²) in [6, 6.07) is 19.6. The number of carbonyl (C=O) groups excluding carboxylic acids is 1. The van der Waals surface area contributed by atoms with E-state index in [0.717, 1.165) is 5.56 Å². The number of methoxy groups -OCH3 is 1. The normalized spacial score (nSPS) is 11.4. The van der Waals surface area contributed by atoms with Gasteiger partial charge in [-0.25, -0.2) is 0 Å². The van der Waals surface area contributed by atoms with Crippen molar-refractivity contribution in [3.05, 3.63) is 71.9 Å². The highest BCUT2D eigenvalue weighted by Crippen LogP contribution is 2.24. The molecule has 3 rings (SSSR count). The zero-order valence-corrected chi connectivity index (χ0v) is 14.2. The summed E-state index contributed by atoms with van der Waals surface area (Å²) in [5.74, 6) is 0.817. The van der Waals surface area contributed by atoms with Gasteiger partial charge < -0.3 is 14.6 Å². The Labute approximate surface area is 151 Å². The second-order valence-electron chi connectivity index (χ2n) is 5.60. The summed E-state index contributed by atoms with van der Waals surface area (Å²) >= 11 is 0. The van der Waals surface area contributed by atoms with Crippen LogP contribution in [0.5, 0.6) is 5.75 Å². The van der Waals surface area contributed by atoms with Crippen molar-refractivity contribution in [2.75, 3.05) is 7.11 Å². The summed E-state index contributed by atoms with van der Waals surface area (Å²) in [6.07, 6.45) is 0.0175. The number of aromatic nitrogens is 1. The first-order chi connectivity index (χ1) is 12.7. The number of rotatable bonds is 6. The first-order valence-corrected chi connectivity index (χ1v) is 8.04. The zero-order chi connectivity index (χ0) is 18.4. The van der Waals surface area contributed by atoms with Crippen LogP contribution in [-0.2, 0) is 11.2 Å². The van der Waals surface area contributed by atoms with Crippen LogP contribution in [0, 0.1) is 11.3 Å². The van der Waals surface area contributed by atoms with Gasteiger partial charge in [-0.2, -0.15) is 5.26 Å². The van der Waals surface area contributed by atoms with Crippen molar-refractivity contribution >= 4 is 5.91 Å². The Hall–Kier alpha value is -3.59. The lowest BCUT2D eigenvalue weighted by Gasteiger charge is -2.14. The van der Waals surface area contributed by atoms with Gasteiger partial charge in [0.25, 0.3) is 0 Å². The molecule has 1 atom stereocenters. The number of nitriles is 1. The highest BCUT2D eigenvalue weighted by Gasteiger charge is 2.19. The Morgan fingerprint density at radius 1 is 1.23 bits per heavy atom. The van der Waals surface area contributed by atoms with Crippen LogP contribution in [0.15, 0.2) is 65.2 Å². The fraction of sp³-hybridized carbons (Fsp3) is 0.150. The van der Waals surface area contributed by atoms with Gasteiger partial charge in [-0.15, -0.1) is 0 Å². The molecule has 0 fully saturated rings. The van der Waals surface area contributed by atoms with Crippen LogP contribution < -0.4 is 10.1 Å². The van der Waals surface area contributed by atoms with Crippen LogP contribution in [-0.4, -0.2) is 18.2 Å². The van der Waals surface area contributed by atoms with Crippen molar-refractivity contribution < 1.29 is 14.1 Å². The van der Waals surface area contributed by atoms with Crippen molar-refractivity contribution in [1.29, 1.82) is 5.26 Å². The van der Waals surface area contributed by atoms with Gasteiger partial charge in [0.2, 0.25) is 5.91 Å². The molecule has 0 radical (unpaired) electrons. The van der Waals surface area contributed by atoms with Gasteiger partial charge in [0.1, 0.15) is 11.8 Å². The van der Waals surface area contributed by atoms with E-state index in [-0.39, 0.29) is 12.3 Å². The Bertz CT molecular complexity index is 929. The van der Waals surface area contributed by atoms with Crippen molar-refractivity contribution in [2.45, 2.75) is 12.5 Å². The maximum atomic E-state index is 12.3. The molecule has 0 spiro atoms. The quantitative estimate of drug-likeness (QED) is 0.739. The fourth-order valence-corrected chi connectivity index (χ4v) is 2.59. The zero-order valence-electron chi connectivity index (χ0n) is 14.2. The molecule has 1 N–H and O–H groups in total. The van der Waals surface area contributed by atoms with Crippen molar-refractivity contribution in [3.8, 4) is 23.1 Å². The molecule has 3 aromatic rings. The number of ether oxygens (including phenoxy) is 1. The van der Waals surface area contributed by atoms with E-state index < -0.39 is 6.04 Å². The first-order valence-electron chi connectivity index (χ1n) is 8.04. The summed E-state index contributed by atoms with van der Waals surface area (Å²) in [4.78, 5) is 12.3. The summed E-state index contributed by atoms with van der Waals surface area (Å²) in [5, 5.41) is 16.0. The molecule has 1 aromatic heterocycles. The van der Waals surface area contributed by atoms with Crippen molar-refractivity contribution in [2.24, 2.45) is 0 Å². The number of hydrogen-bond acceptors (Lipinski definition) is 5. The molecule has 130 valence electrons. The predicted molar refractivity (Wildman–Crippen MR) is 95.1 cm³/mol. The van der Waals surface area contributed by atoms with Crippen LogP contribution in [0.25, 0.3) is 11.3 Å². The Kier molecular flexibility index (Phi) is 5.30. The minimum Gasteiger partial charge on any atom is -0.496 e. The summed E-state index contributed by atoms with van der Waals surface area (Å²) in [5.41, 5.74) is 1.99. The van der Waals surface area contributed by atoms with Gasteiger partial charge in [0.15, 0.2) is 5.76 Å². The smallest absolute Gasteiger partial charge is 0.227 e. The van der Waals surface area contributed by atoms with E-state index in [9.17, 15) is 10.1 Å². The van der Waals surface area contributed by atoms with Crippen LogP contribution in [0.4, 0.5) is 0 Å². The molecule has 1 unspecified atom stereocenters. The number of benzene rings is 2. The Morgan fingerprint density at radius 2 is 1.96 bits per heavy atom. The van der Waals surface area contributed by atoms with Gasteiger partial charge in [-0.05, 0) is 6.07 Å². The molecule has 6 nitrogen and oxygen atoms in total. The van der Waals surface area contributed by atoms with Crippen LogP contribution in [0.3, 0.4) is 0 Å². The minimum absolute atomic E-state index is 0.0175. The molecule has 1 amide bonds. The average Bonchev–Trinajstić information content (AvgIpc) is 3.15. The van der Waals surface area contributed by atoms with Gasteiger partial charge >= 0.3 is 0 Å². The van der Waals surface area contributed by atoms with Crippen LogP contribution in [0.2, 0.25) is 0 Å². The van der Waals surface area contributed by atoms with Gasteiger partial charge in [0, 0.05) is 17.2 Å². The van der Waals surface area contributed by atoms with E-state index in [2.05, 4.69) is 16.5 Å². The lowest BCUT2D eigenvalue weighted by molar-refractivity contribution is -0.120. The van der Waals surface area contributed by atoms with E-state index in [0.29, 0.717) is 22.8 Å². The standard InChI is InChI=1S/C20H17N3O3/c1-25-18-10-6-5-9-16(18)17(13-21)22-20(24)12-15-11-19(26-23-15)14-7-3-2-4-8-14/h2-11,17H,12H2,1H3,(H,22,24). The van der Waals surface area contributed by atoms with E-state index in [1.807, 2.05) is 30.3 Å². The second-order valence-corrected chi connectivity index (χ2v) is 5.60. The first kappa shape index (κ1) is 17.2. The Balaban J connectivity index is 1.69. The number of nitrogens with zero attached hydrogens (tertiary/aromatic N) is 2. The third-order valence-electron chi connectivity index (χ3n) is 3.84. The lowest BCUT2D eigenvalue weighted by Crippen LogP contribution is -2.29. The highest BCUT2D eigenvalue weighted by atomic mass is 16.5. The summed E-state index contributed by atoms with van der Waals surface area (Å²) in [6.45, 7) is 0. The molecule has 0 aliphatic heterocycles. The molecule has 0 aliphatic carbocycles. The lowest BCUT2D eigenvalue weighted by atomic mass is 10.1. The van der Waals surface area contributed by atoms with Crippen LogP contribution >= 0.6 is 0 Å². The predicted octanol–water partition coefficient (Wildman–Crippen LogP) is 3.27. The molecule has 0 saturated heterocycles. The number of nitrogens with one attached hydrogen (secondary N) is 1. The van der Waals surface area contributed by atoms with E-state index in [1.54, 1.807) is 30.3 Å². The molecule has 0 bridgehead atoms. The molecular weight excluding hydrogens is 330 g/mol. The Morgan fingerprint density at radius 3 is 2.69 bits per heavy atom. The SMILES string of the molecule is COc1ccccc1C(C#N)NC(=O)Cc1cc(-c2ccccc2)on1. The maximum absolute atomic E-state index is 12.3. The van der Waals surface area contributed by atoms with Gasteiger partial charge in [-0.1, -0.05) is 53.7 Å². The van der Waals surface area contributed by atoms with Gasteiger partial charge in [0.05, 0.1) is 25.3 Å². The fourth-order valence-electron chi connectivity index (χ4n) is 2.59. The summed E-state index contributed by atoms with van der Waals surface area (Å²) < 4.78 is 10.5. The average molecular weight is 347 g/mol. The minimum atomic E-state index is -0.806. The topological polar surface area (TPSA) is 88.1 Å². The largest absolute Gasteiger partial charge is 0.496 e. The third-order valence-corrected chi connectivity index (χ3v) is 3.84. The summed E-state index contributed by atoms with van der Waals surface area (Å²) in [7, 11) is 1.52. The molecule has 2 aromatic carbocycles. The van der Waals surface area contributed by atoms with Crippen molar-refractivity contribution in [1.82, 2.24) is 10.5 Å². The number of para-hydroxylation sites is 1. The van der Waals surface area contributed by atoms with E-state index in [4.69, 9.17) is 9.26 Å². The number of carbonyl (C=O) groups is 1. The monoisotopic (exact) mass is 347 g/mol. The van der Waals surface area contributed by atoms with Gasteiger partial charge in [-0.3, -0.25) is 4.79 Å². The number of amides is 1. The van der Waals surface area contributed by atoms with Crippen molar-refractivity contribution in [3.63, 3.8) is 0 Å².